The van der Waals surface area contributed by atoms with Crippen LogP contribution in [0.4, 0.5) is 0 Å². The van der Waals surface area contributed by atoms with Crippen LogP contribution in [0.2, 0.25) is 0 Å². The molecule has 0 radical (unpaired) electrons. The van der Waals surface area contributed by atoms with Gasteiger partial charge in [-0.2, -0.15) is 23.5 Å². The zero-order chi connectivity index (χ0) is 8.39. The predicted molar refractivity (Wildman–Crippen MR) is 59.2 cm³/mol. The molecule has 3 heteroatoms. The summed E-state index contributed by atoms with van der Waals surface area (Å²) < 4.78 is 0. The highest BCUT2D eigenvalue weighted by Crippen LogP contribution is 2.30. The van der Waals surface area contributed by atoms with Crippen molar-refractivity contribution in [2.24, 2.45) is 0 Å². The van der Waals surface area contributed by atoms with Crippen LogP contribution >= 0.6 is 23.5 Å². The monoisotopic (exact) mass is 203 g/mol. The fraction of sp³-hybridized carbons (Fsp3) is 1.00. The van der Waals surface area contributed by atoms with Gasteiger partial charge >= 0.3 is 0 Å². The van der Waals surface area contributed by atoms with Crippen molar-refractivity contribution in [1.82, 2.24) is 5.32 Å². The van der Waals surface area contributed by atoms with E-state index < -0.39 is 0 Å². The molecule has 0 amide bonds. The number of hydrogen-bond donors (Lipinski definition) is 1. The van der Waals surface area contributed by atoms with E-state index in [9.17, 15) is 0 Å². The average molecular weight is 203 g/mol. The molecule has 0 aromatic rings. The van der Waals surface area contributed by atoms with Crippen molar-refractivity contribution < 1.29 is 0 Å². The molecule has 2 atom stereocenters. The predicted octanol–water partition coefficient (Wildman–Crippen LogP) is 1.98. The Kier molecular flexibility index (Phi) is 3.27. The molecular weight excluding hydrogens is 186 g/mol. The minimum atomic E-state index is 0.825. The van der Waals surface area contributed by atoms with Crippen LogP contribution in [-0.2, 0) is 0 Å². The standard InChI is InChI=1S/C9H17NS2/c1-11-9-4-2-3-8(9)10-7-5-12-6-7/h7-10H,2-6H2,1H3. The van der Waals surface area contributed by atoms with Crippen LogP contribution in [-0.4, -0.2) is 35.1 Å². The lowest BCUT2D eigenvalue weighted by Gasteiger charge is -2.31. The SMILES string of the molecule is CSC1CCCC1NC1CSC1. The first-order valence-electron chi connectivity index (χ1n) is 4.76. The Morgan fingerprint density at radius 1 is 1.33 bits per heavy atom. The third-order valence-electron chi connectivity index (χ3n) is 2.84. The Bertz CT molecular complexity index is 147. The van der Waals surface area contributed by atoms with E-state index in [4.69, 9.17) is 0 Å². The van der Waals surface area contributed by atoms with Crippen LogP contribution < -0.4 is 5.32 Å². The lowest BCUT2D eigenvalue weighted by molar-refractivity contribution is 0.475. The largest absolute Gasteiger partial charge is 0.308 e. The van der Waals surface area contributed by atoms with E-state index >= 15 is 0 Å². The van der Waals surface area contributed by atoms with Gasteiger partial charge in [0.05, 0.1) is 0 Å². The smallest absolute Gasteiger partial charge is 0.0251 e. The van der Waals surface area contributed by atoms with Gasteiger partial charge < -0.3 is 5.32 Å². The summed E-state index contributed by atoms with van der Waals surface area (Å²) in [7, 11) is 0. The molecule has 2 unspecified atom stereocenters. The molecule has 1 nitrogen and oxygen atoms in total. The molecule has 1 saturated carbocycles. The van der Waals surface area contributed by atoms with Crippen LogP contribution in [0.1, 0.15) is 19.3 Å². The summed E-state index contributed by atoms with van der Waals surface area (Å²) in [4.78, 5) is 0. The Morgan fingerprint density at radius 2 is 2.17 bits per heavy atom. The average Bonchev–Trinajstić information content (AvgIpc) is 2.43. The zero-order valence-electron chi connectivity index (χ0n) is 7.58. The van der Waals surface area contributed by atoms with Gasteiger partial charge in [0, 0.05) is 28.8 Å². The molecule has 0 aromatic carbocycles. The molecule has 2 fully saturated rings. The van der Waals surface area contributed by atoms with E-state index in [-0.39, 0.29) is 0 Å². The Labute approximate surface area is 83.4 Å². The molecule has 12 heavy (non-hydrogen) atoms. The Balaban J connectivity index is 1.77. The second-order valence-corrected chi connectivity index (χ2v) is 5.86. The van der Waals surface area contributed by atoms with Crippen LogP contribution in [0.5, 0.6) is 0 Å². The van der Waals surface area contributed by atoms with Gasteiger partial charge in [-0.3, -0.25) is 0 Å². The second-order valence-electron chi connectivity index (χ2n) is 3.71. The van der Waals surface area contributed by atoms with Gasteiger partial charge in [-0.1, -0.05) is 6.42 Å². The van der Waals surface area contributed by atoms with Gasteiger partial charge in [0.25, 0.3) is 0 Å². The summed E-state index contributed by atoms with van der Waals surface area (Å²) >= 11 is 4.12. The fourth-order valence-electron chi connectivity index (χ4n) is 2.03. The minimum absolute atomic E-state index is 0.825. The van der Waals surface area contributed by atoms with Crippen molar-refractivity contribution >= 4 is 23.5 Å². The van der Waals surface area contributed by atoms with Crippen molar-refractivity contribution in [2.75, 3.05) is 17.8 Å². The van der Waals surface area contributed by atoms with Gasteiger partial charge in [0.2, 0.25) is 0 Å². The summed E-state index contributed by atoms with van der Waals surface area (Å²) in [6.07, 6.45) is 6.52. The summed E-state index contributed by atoms with van der Waals surface area (Å²) in [6, 6.07) is 1.67. The molecule has 0 bridgehead atoms. The maximum Gasteiger partial charge on any atom is 0.0251 e. The van der Waals surface area contributed by atoms with Crippen LogP contribution in [0.15, 0.2) is 0 Å². The summed E-state index contributed by atoms with van der Waals surface area (Å²) in [6.45, 7) is 0. The number of thioether (sulfide) groups is 2. The van der Waals surface area contributed by atoms with Crippen molar-refractivity contribution in [3.8, 4) is 0 Å². The van der Waals surface area contributed by atoms with E-state index in [1.165, 1.54) is 30.8 Å². The first-order valence-corrected chi connectivity index (χ1v) is 7.21. The molecule has 2 aliphatic rings. The van der Waals surface area contributed by atoms with E-state index in [1.54, 1.807) is 0 Å². The Morgan fingerprint density at radius 3 is 2.75 bits per heavy atom. The molecule has 1 aliphatic heterocycles. The van der Waals surface area contributed by atoms with Crippen LogP contribution in [0, 0.1) is 0 Å². The van der Waals surface area contributed by atoms with E-state index in [2.05, 4.69) is 23.3 Å². The highest BCUT2D eigenvalue weighted by molar-refractivity contribution is 8.00. The number of nitrogens with one attached hydrogen (secondary N) is 1. The van der Waals surface area contributed by atoms with Gasteiger partial charge in [-0.15, -0.1) is 0 Å². The molecule has 70 valence electrons. The van der Waals surface area contributed by atoms with Crippen molar-refractivity contribution in [3.63, 3.8) is 0 Å². The zero-order valence-corrected chi connectivity index (χ0v) is 9.22. The van der Waals surface area contributed by atoms with Gasteiger partial charge in [-0.25, -0.2) is 0 Å². The molecule has 1 saturated heterocycles. The second kappa shape index (κ2) is 4.25. The summed E-state index contributed by atoms with van der Waals surface area (Å²) in [5, 5.41) is 4.67. The van der Waals surface area contributed by atoms with E-state index in [1.807, 2.05) is 11.8 Å². The normalized spacial score (nSPS) is 36.8. The Hall–Kier alpha value is 0.660. The first kappa shape index (κ1) is 9.22. The van der Waals surface area contributed by atoms with E-state index in [0.29, 0.717) is 0 Å². The fourth-order valence-corrected chi connectivity index (χ4v) is 3.64. The van der Waals surface area contributed by atoms with Crippen molar-refractivity contribution in [3.05, 3.63) is 0 Å². The minimum Gasteiger partial charge on any atom is -0.308 e. The van der Waals surface area contributed by atoms with Gasteiger partial charge in [0.1, 0.15) is 0 Å². The van der Waals surface area contributed by atoms with E-state index in [0.717, 1.165) is 17.3 Å². The highest BCUT2D eigenvalue weighted by atomic mass is 32.2. The van der Waals surface area contributed by atoms with Gasteiger partial charge in [-0.05, 0) is 19.1 Å². The van der Waals surface area contributed by atoms with Gasteiger partial charge in [0.15, 0.2) is 0 Å². The quantitative estimate of drug-likeness (QED) is 0.753. The summed E-state index contributed by atoms with van der Waals surface area (Å²) in [5.41, 5.74) is 0. The maximum atomic E-state index is 3.77. The molecule has 1 aliphatic carbocycles. The lowest BCUT2D eigenvalue weighted by atomic mass is 10.2. The molecule has 2 rings (SSSR count). The number of hydrogen-bond acceptors (Lipinski definition) is 3. The van der Waals surface area contributed by atoms with Crippen molar-refractivity contribution in [1.29, 1.82) is 0 Å². The number of rotatable bonds is 3. The third kappa shape index (κ3) is 1.94. The topological polar surface area (TPSA) is 12.0 Å². The first-order chi connectivity index (χ1) is 5.90. The lowest BCUT2D eigenvalue weighted by Crippen LogP contribution is -2.48. The van der Waals surface area contributed by atoms with Crippen LogP contribution in [0.25, 0.3) is 0 Å². The molecule has 0 spiro atoms. The molecule has 1 heterocycles. The summed E-state index contributed by atoms with van der Waals surface area (Å²) in [5.74, 6) is 2.69. The van der Waals surface area contributed by atoms with Crippen molar-refractivity contribution in [2.45, 2.75) is 36.6 Å². The molecule has 0 aromatic heterocycles. The molecule has 1 N–H and O–H groups in total. The third-order valence-corrected chi connectivity index (χ3v) is 5.29. The highest BCUT2D eigenvalue weighted by Gasteiger charge is 2.30. The van der Waals surface area contributed by atoms with Crippen LogP contribution in [0.3, 0.4) is 0 Å². The molecular formula is C9H17NS2. The maximum absolute atomic E-state index is 3.77.